The maximum Gasteiger partial charge on any atom is 0.161 e. The molecular formula is C44H38N2. The summed E-state index contributed by atoms with van der Waals surface area (Å²) < 4.78 is 39.4. The Morgan fingerprint density at radius 3 is 1.65 bits per heavy atom. The van der Waals surface area contributed by atoms with Gasteiger partial charge in [-0.1, -0.05) is 134 Å². The largest absolute Gasteiger partial charge is 0.228 e. The lowest BCUT2D eigenvalue weighted by molar-refractivity contribution is 0.152. The molecule has 9 rings (SSSR count). The Morgan fingerprint density at radius 1 is 0.457 bits per heavy atom. The highest BCUT2D eigenvalue weighted by Gasteiger charge is 2.49. The molecule has 0 bridgehead atoms. The van der Waals surface area contributed by atoms with E-state index in [0.29, 0.717) is 18.7 Å². The molecule has 3 aliphatic rings. The average molecular weight is 599 g/mol. The van der Waals surface area contributed by atoms with Crippen molar-refractivity contribution < 1.29 is 5.48 Å². The summed E-state index contributed by atoms with van der Waals surface area (Å²) in [5.74, 6) is 0.603. The number of hydrogen-bond acceptors (Lipinski definition) is 2. The van der Waals surface area contributed by atoms with Crippen LogP contribution in [-0.4, -0.2) is 9.97 Å². The smallest absolute Gasteiger partial charge is 0.161 e. The van der Waals surface area contributed by atoms with Crippen LogP contribution < -0.4 is 0 Å². The van der Waals surface area contributed by atoms with Gasteiger partial charge in [-0.3, -0.25) is 0 Å². The molecule has 2 heteroatoms. The van der Waals surface area contributed by atoms with Crippen molar-refractivity contribution in [2.24, 2.45) is 5.41 Å². The second-order valence-corrected chi connectivity index (χ2v) is 13.2. The van der Waals surface area contributed by atoms with Gasteiger partial charge in [0, 0.05) is 27.6 Å². The van der Waals surface area contributed by atoms with Gasteiger partial charge in [0.05, 0.1) is 11.4 Å². The van der Waals surface area contributed by atoms with E-state index in [1.54, 1.807) is 0 Å². The first kappa shape index (κ1) is 23.5. The van der Waals surface area contributed by atoms with Crippen LogP contribution in [0.1, 0.15) is 67.9 Å². The van der Waals surface area contributed by atoms with Gasteiger partial charge in [-0.25, -0.2) is 9.97 Å². The van der Waals surface area contributed by atoms with Crippen LogP contribution in [0.5, 0.6) is 0 Å². The van der Waals surface area contributed by atoms with Crippen molar-refractivity contribution in [1.29, 1.82) is 0 Å². The number of fused-ring (bicyclic) bond motifs is 5. The Kier molecular flexibility index (Phi) is 5.58. The van der Waals surface area contributed by atoms with Gasteiger partial charge in [0.2, 0.25) is 0 Å². The Balaban J connectivity index is 1.24. The molecule has 0 N–H and O–H groups in total. The summed E-state index contributed by atoms with van der Waals surface area (Å²) in [5, 5.41) is 0. The molecule has 2 fully saturated rings. The Morgan fingerprint density at radius 2 is 1.00 bits per heavy atom. The molecule has 0 unspecified atom stereocenters. The number of benzene rings is 5. The zero-order valence-corrected chi connectivity index (χ0v) is 25.8. The van der Waals surface area contributed by atoms with Crippen molar-refractivity contribution in [2.45, 2.75) is 56.7 Å². The van der Waals surface area contributed by atoms with Crippen LogP contribution in [0.25, 0.3) is 56.2 Å². The van der Waals surface area contributed by atoms with Crippen molar-refractivity contribution in [2.75, 3.05) is 0 Å². The molecule has 2 saturated carbocycles. The minimum Gasteiger partial charge on any atom is -0.228 e. The molecule has 2 spiro atoms. The highest BCUT2D eigenvalue weighted by atomic mass is 14.9. The van der Waals surface area contributed by atoms with E-state index in [9.17, 15) is 5.48 Å². The summed E-state index contributed by atoms with van der Waals surface area (Å²) in [6, 6.07) is 44.7. The Hall–Kier alpha value is -4.82. The van der Waals surface area contributed by atoms with Crippen LogP contribution in [0.2, 0.25) is 0 Å². The van der Waals surface area contributed by atoms with Gasteiger partial charge in [-0.2, -0.15) is 0 Å². The minimum atomic E-state index is -1.80. The maximum atomic E-state index is 9.85. The predicted molar refractivity (Wildman–Crippen MR) is 189 cm³/mol. The van der Waals surface area contributed by atoms with Gasteiger partial charge in [0.15, 0.2) is 5.82 Å². The Bertz CT molecular complexity index is 2160. The van der Waals surface area contributed by atoms with Crippen LogP contribution in [0.15, 0.2) is 133 Å². The van der Waals surface area contributed by atoms with Crippen LogP contribution in [0.4, 0.5) is 0 Å². The molecule has 0 amide bonds. The van der Waals surface area contributed by atoms with Gasteiger partial charge in [-0.15, -0.1) is 0 Å². The number of rotatable bonds is 4. The van der Waals surface area contributed by atoms with E-state index in [4.69, 9.17) is 9.97 Å². The second kappa shape index (κ2) is 10.9. The predicted octanol–water partition coefficient (Wildman–Crippen LogP) is 11.5. The molecular weight excluding hydrogens is 556 g/mol. The summed E-state index contributed by atoms with van der Waals surface area (Å²) in [6.07, 6.45) is 1.05. The third-order valence-corrected chi connectivity index (χ3v) is 10.5. The SMILES string of the molecule is [2H]C1([2H])CC2(CCCC2)CC([2H])([2H])C12c1ccccc1-c1ccc(-c3ccccc3-c3nc(-c4ccccc4)cc(-c4ccccc4)n3)cc12. The zero-order chi connectivity index (χ0) is 34.1. The van der Waals surface area contributed by atoms with Crippen molar-refractivity contribution in [1.82, 2.24) is 9.97 Å². The highest BCUT2D eigenvalue weighted by Crippen LogP contribution is 2.61. The van der Waals surface area contributed by atoms with E-state index < -0.39 is 18.2 Å². The molecule has 5 aromatic carbocycles. The van der Waals surface area contributed by atoms with Crippen molar-refractivity contribution in [3.8, 4) is 56.2 Å². The molecule has 0 saturated heterocycles. The monoisotopic (exact) mass is 598 g/mol. The number of nitrogens with zero attached hydrogens (tertiary/aromatic N) is 2. The van der Waals surface area contributed by atoms with E-state index in [0.717, 1.165) is 87.1 Å². The van der Waals surface area contributed by atoms with E-state index in [1.165, 1.54) is 0 Å². The standard InChI is InChI=1S/C44H38N2/c1-3-13-31(14-4-1)40-30-41(32-15-5-2-6-16-32)46-42(45-40)37-19-8-7-17-34(37)33-21-22-36-35-18-9-10-20-38(35)44(39(36)29-33)27-25-43(26-28-44)23-11-12-24-43/h1-10,13-22,29-30H,11-12,23-28H2/i27D2,28D2. The minimum absolute atomic E-state index is 0.294. The molecule has 46 heavy (non-hydrogen) atoms. The van der Waals surface area contributed by atoms with Gasteiger partial charge < -0.3 is 0 Å². The highest BCUT2D eigenvalue weighted by molar-refractivity contribution is 5.88. The van der Waals surface area contributed by atoms with E-state index in [1.807, 2.05) is 78.9 Å². The van der Waals surface area contributed by atoms with E-state index in [2.05, 4.69) is 54.6 Å². The fourth-order valence-corrected chi connectivity index (χ4v) is 8.08. The Labute approximate surface area is 277 Å². The quantitative estimate of drug-likeness (QED) is 0.202. The first-order chi connectivity index (χ1) is 24.2. The fourth-order valence-electron chi connectivity index (χ4n) is 8.08. The van der Waals surface area contributed by atoms with Crippen LogP contribution >= 0.6 is 0 Å². The summed E-state index contributed by atoms with van der Waals surface area (Å²) in [6.45, 7) is 0. The number of hydrogen-bond donors (Lipinski definition) is 0. The molecule has 0 atom stereocenters. The summed E-state index contributed by atoms with van der Waals surface area (Å²) in [4.78, 5) is 10.3. The molecule has 0 radical (unpaired) electrons. The van der Waals surface area contributed by atoms with Gasteiger partial charge >= 0.3 is 0 Å². The molecule has 3 aliphatic carbocycles. The molecule has 1 aromatic heterocycles. The van der Waals surface area contributed by atoms with Crippen LogP contribution in [0, 0.1) is 5.41 Å². The second-order valence-electron chi connectivity index (χ2n) is 13.2. The average Bonchev–Trinajstić information content (AvgIpc) is 3.71. The van der Waals surface area contributed by atoms with Gasteiger partial charge in [-0.05, 0) is 89.4 Å². The van der Waals surface area contributed by atoms with Crippen molar-refractivity contribution in [3.05, 3.63) is 145 Å². The zero-order valence-electron chi connectivity index (χ0n) is 29.8. The van der Waals surface area contributed by atoms with E-state index >= 15 is 0 Å². The van der Waals surface area contributed by atoms with Crippen LogP contribution in [0.3, 0.4) is 0 Å². The lowest BCUT2D eigenvalue weighted by Gasteiger charge is -2.44. The lowest BCUT2D eigenvalue weighted by Crippen LogP contribution is -2.35. The molecule has 6 aromatic rings. The first-order valence-corrected chi connectivity index (χ1v) is 16.6. The third-order valence-electron chi connectivity index (χ3n) is 10.5. The topological polar surface area (TPSA) is 25.8 Å². The fraction of sp³-hybridized carbons (Fsp3) is 0.227. The number of aromatic nitrogens is 2. The summed E-state index contributed by atoms with van der Waals surface area (Å²) >= 11 is 0. The molecule has 0 aliphatic heterocycles. The van der Waals surface area contributed by atoms with Gasteiger partial charge in [0.1, 0.15) is 0 Å². The first-order valence-electron chi connectivity index (χ1n) is 18.6. The summed E-state index contributed by atoms with van der Waals surface area (Å²) in [7, 11) is 0. The summed E-state index contributed by atoms with van der Waals surface area (Å²) in [5.41, 5.74) is 8.01. The lowest BCUT2D eigenvalue weighted by atomic mass is 9.59. The maximum absolute atomic E-state index is 9.85. The van der Waals surface area contributed by atoms with Crippen LogP contribution in [-0.2, 0) is 5.41 Å². The van der Waals surface area contributed by atoms with Crippen molar-refractivity contribution >= 4 is 0 Å². The third kappa shape index (κ3) is 4.46. The molecule has 224 valence electrons. The van der Waals surface area contributed by atoms with E-state index in [-0.39, 0.29) is 5.41 Å². The van der Waals surface area contributed by atoms with Crippen molar-refractivity contribution in [3.63, 3.8) is 0 Å². The molecule has 1 heterocycles. The van der Waals surface area contributed by atoms with Gasteiger partial charge in [0.25, 0.3) is 0 Å². The normalized spacial score (nSPS) is 20.7. The molecule has 2 nitrogen and oxygen atoms in total.